The Morgan fingerprint density at radius 3 is 2.15 bits per heavy atom. The molecule has 2 aliphatic rings. The van der Waals surface area contributed by atoms with Crippen molar-refractivity contribution in [2.75, 3.05) is 26.2 Å². The molecule has 9 heteroatoms. The van der Waals surface area contributed by atoms with E-state index in [0.29, 0.717) is 0 Å². The van der Waals surface area contributed by atoms with Crippen molar-refractivity contribution in [2.24, 2.45) is 5.92 Å². The number of hydrogen-bond donors (Lipinski definition) is 1. The Morgan fingerprint density at radius 2 is 1.75 bits per heavy atom. The molecule has 2 fully saturated rings. The molecular formula is C11H19F2N3O3S. The Bertz CT molecular complexity index is 487. The van der Waals surface area contributed by atoms with Gasteiger partial charge in [-0.2, -0.15) is 17.4 Å². The van der Waals surface area contributed by atoms with Crippen molar-refractivity contribution < 1.29 is 22.0 Å². The number of hydrogen-bond acceptors (Lipinski definition) is 3. The van der Waals surface area contributed by atoms with E-state index in [-0.39, 0.29) is 38.6 Å². The maximum Gasteiger partial charge on any atom is 0.279 e. The second-order valence-corrected chi connectivity index (χ2v) is 7.22. The average Bonchev–Trinajstić information content (AvgIpc) is 2.96. The average molecular weight is 311 g/mol. The molecule has 1 unspecified atom stereocenters. The molecule has 0 spiro atoms. The number of alkyl halides is 2. The summed E-state index contributed by atoms with van der Waals surface area (Å²) in [5.41, 5.74) is 0. The normalized spacial score (nSPS) is 26.9. The topological polar surface area (TPSA) is 69.7 Å². The Labute approximate surface area is 117 Å². The summed E-state index contributed by atoms with van der Waals surface area (Å²) in [7, 11) is -3.56. The van der Waals surface area contributed by atoms with Gasteiger partial charge in [0.25, 0.3) is 16.1 Å². The van der Waals surface area contributed by atoms with Crippen LogP contribution in [0.3, 0.4) is 0 Å². The van der Waals surface area contributed by atoms with Gasteiger partial charge in [0.15, 0.2) is 0 Å². The maximum absolute atomic E-state index is 12.8. The predicted octanol–water partition coefficient (Wildman–Crippen LogP) is 0.0286. The summed E-state index contributed by atoms with van der Waals surface area (Å²) in [6.45, 7) is 4.01. The third-order valence-electron chi connectivity index (χ3n) is 3.40. The molecule has 0 bridgehead atoms. The van der Waals surface area contributed by atoms with Crippen molar-refractivity contribution in [3.63, 3.8) is 0 Å². The Morgan fingerprint density at radius 1 is 1.25 bits per heavy atom. The zero-order valence-corrected chi connectivity index (χ0v) is 12.3. The second kappa shape index (κ2) is 5.19. The van der Waals surface area contributed by atoms with E-state index < -0.39 is 28.0 Å². The molecule has 1 heterocycles. The van der Waals surface area contributed by atoms with Crippen LogP contribution in [0.5, 0.6) is 0 Å². The highest BCUT2D eigenvalue weighted by atomic mass is 32.2. The van der Waals surface area contributed by atoms with E-state index >= 15 is 0 Å². The molecule has 1 N–H and O–H groups in total. The van der Waals surface area contributed by atoms with Gasteiger partial charge >= 0.3 is 0 Å². The van der Waals surface area contributed by atoms with Gasteiger partial charge in [-0.1, -0.05) is 0 Å². The van der Waals surface area contributed by atoms with Crippen molar-refractivity contribution in [3.8, 4) is 0 Å². The van der Waals surface area contributed by atoms with E-state index in [0.717, 1.165) is 0 Å². The summed E-state index contributed by atoms with van der Waals surface area (Å²) in [5.74, 6) is -4.65. The number of amides is 1. The molecule has 0 aromatic carbocycles. The molecule has 1 saturated heterocycles. The van der Waals surface area contributed by atoms with Gasteiger partial charge in [-0.3, -0.25) is 4.79 Å². The number of halogens is 2. The van der Waals surface area contributed by atoms with Crippen LogP contribution in [-0.4, -0.2) is 61.7 Å². The summed E-state index contributed by atoms with van der Waals surface area (Å²) in [4.78, 5) is 13.1. The number of carbonyl (C=O) groups excluding carboxylic acids is 1. The third kappa shape index (κ3) is 3.26. The minimum Gasteiger partial charge on any atom is -0.340 e. The van der Waals surface area contributed by atoms with Crippen molar-refractivity contribution in [1.82, 2.24) is 13.9 Å². The summed E-state index contributed by atoms with van der Waals surface area (Å²) >= 11 is 0. The predicted molar refractivity (Wildman–Crippen MR) is 68.4 cm³/mol. The minimum atomic E-state index is -3.56. The number of piperazine rings is 1. The highest BCUT2D eigenvalue weighted by molar-refractivity contribution is 7.87. The molecule has 2 rings (SSSR count). The van der Waals surface area contributed by atoms with Gasteiger partial charge in [-0.25, -0.2) is 8.78 Å². The molecule has 116 valence electrons. The van der Waals surface area contributed by atoms with E-state index in [1.54, 1.807) is 13.8 Å². The van der Waals surface area contributed by atoms with Crippen LogP contribution in [0, 0.1) is 5.92 Å². The van der Waals surface area contributed by atoms with Crippen LogP contribution >= 0.6 is 0 Å². The highest BCUT2D eigenvalue weighted by Crippen LogP contribution is 2.49. The van der Waals surface area contributed by atoms with Crippen LogP contribution in [0.25, 0.3) is 0 Å². The van der Waals surface area contributed by atoms with Crippen LogP contribution in [0.1, 0.15) is 20.3 Å². The van der Waals surface area contributed by atoms with Gasteiger partial charge in [0.2, 0.25) is 5.91 Å². The first-order chi connectivity index (χ1) is 9.13. The lowest BCUT2D eigenvalue weighted by Crippen LogP contribution is -2.54. The fraction of sp³-hybridized carbons (Fsp3) is 0.909. The summed E-state index contributed by atoms with van der Waals surface area (Å²) in [6.07, 6.45) is -0.390. The van der Waals surface area contributed by atoms with Crippen LogP contribution in [-0.2, 0) is 15.0 Å². The van der Waals surface area contributed by atoms with E-state index in [9.17, 15) is 22.0 Å². The number of carbonyl (C=O) groups is 1. The maximum atomic E-state index is 12.8. The molecule has 1 saturated carbocycles. The largest absolute Gasteiger partial charge is 0.340 e. The van der Waals surface area contributed by atoms with Crippen LogP contribution in [0.2, 0.25) is 0 Å². The van der Waals surface area contributed by atoms with Crippen LogP contribution < -0.4 is 4.72 Å². The zero-order chi connectivity index (χ0) is 15.1. The summed E-state index contributed by atoms with van der Waals surface area (Å²) in [6, 6.07) is -0.218. The van der Waals surface area contributed by atoms with E-state index in [1.165, 1.54) is 9.21 Å². The van der Waals surface area contributed by atoms with E-state index in [4.69, 9.17) is 0 Å². The monoisotopic (exact) mass is 311 g/mol. The fourth-order valence-corrected chi connectivity index (χ4v) is 3.61. The first-order valence-electron chi connectivity index (χ1n) is 6.57. The molecular weight excluding hydrogens is 292 g/mol. The molecule has 1 atom stereocenters. The smallest absolute Gasteiger partial charge is 0.279 e. The van der Waals surface area contributed by atoms with Gasteiger partial charge < -0.3 is 4.90 Å². The minimum absolute atomic E-state index is 0.131. The Balaban J connectivity index is 1.88. The molecule has 0 radical (unpaired) electrons. The molecule has 1 aliphatic carbocycles. The van der Waals surface area contributed by atoms with Gasteiger partial charge in [0.1, 0.15) is 5.92 Å². The quantitative estimate of drug-likeness (QED) is 0.796. The van der Waals surface area contributed by atoms with Crippen molar-refractivity contribution in [3.05, 3.63) is 0 Å². The lowest BCUT2D eigenvalue weighted by atomic mass is 10.3. The third-order valence-corrected chi connectivity index (χ3v) is 5.21. The fourth-order valence-electron chi connectivity index (χ4n) is 2.22. The molecule has 1 aliphatic heterocycles. The summed E-state index contributed by atoms with van der Waals surface area (Å²) < 4.78 is 53.2. The first-order valence-corrected chi connectivity index (χ1v) is 8.01. The molecule has 0 aromatic heterocycles. The van der Waals surface area contributed by atoms with Gasteiger partial charge in [0.05, 0.1) is 0 Å². The molecule has 20 heavy (non-hydrogen) atoms. The van der Waals surface area contributed by atoms with Crippen LogP contribution in [0.15, 0.2) is 0 Å². The number of nitrogens with zero attached hydrogens (tertiary/aromatic N) is 2. The molecule has 0 aromatic rings. The van der Waals surface area contributed by atoms with E-state index in [1.807, 2.05) is 0 Å². The molecule has 6 nitrogen and oxygen atoms in total. The van der Waals surface area contributed by atoms with Gasteiger partial charge in [0, 0.05) is 38.6 Å². The van der Waals surface area contributed by atoms with E-state index in [2.05, 4.69) is 4.72 Å². The lowest BCUT2D eigenvalue weighted by Gasteiger charge is -2.34. The van der Waals surface area contributed by atoms with Crippen molar-refractivity contribution in [1.29, 1.82) is 0 Å². The van der Waals surface area contributed by atoms with Crippen molar-refractivity contribution in [2.45, 2.75) is 32.2 Å². The SMILES string of the molecule is CC(C)NS(=O)(=O)N1CCN(C(=O)C2CC2(F)F)CC1. The standard InChI is InChI=1S/C11H19F2N3O3S/c1-8(2)14-20(18,19)16-5-3-15(4-6-16)10(17)9-7-11(9,12)13/h8-9,14H,3-7H2,1-2H3. The summed E-state index contributed by atoms with van der Waals surface area (Å²) in [5, 5.41) is 0. The van der Waals surface area contributed by atoms with Crippen LogP contribution in [0.4, 0.5) is 8.78 Å². The number of rotatable bonds is 4. The highest BCUT2D eigenvalue weighted by Gasteiger charge is 2.62. The first kappa shape index (κ1) is 15.6. The lowest BCUT2D eigenvalue weighted by molar-refractivity contribution is -0.136. The Hall–Kier alpha value is -0.800. The number of nitrogens with one attached hydrogen (secondary N) is 1. The van der Waals surface area contributed by atoms with Gasteiger partial charge in [-0.05, 0) is 13.8 Å². The van der Waals surface area contributed by atoms with Crippen molar-refractivity contribution >= 4 is 16.1 Å². The van der Waals surface area contributed by atoms with Gasteiger partial charge in [-0.15, -0.1) is 0 Å². The zero-order valence-electron chi connectivity index (χ0n) is 11.5. The second-order valence-electron chi connectivity index (χ2n) is 5.52. The Kier molecular flexibility index (Phi) is 4.05. The molecule has 1 amide bonds.